The van der Waals surface area contributed by atoms with Crippen molar-refractivity contribution < 1.29 is 38.4 Å². The molecule has 7 rings (SSSR count). The lowest BCUT2D eigenvalue weighted by molar-refractivity contribution is -0.120. The van der Waals surface area contributed by atoms with E-state index in [4.69, 9.17) is 18.9 Å². The van der Waals surface area contributed by atoms with Crippen LogP contribution in [0.3, 0.4) is 0 Å². The molecule has 12 nitrogen and oxygen atoms in total. The highest BCUT2D eigenvalue weighted by atomic mass is 16.6. The second-order valence-electron chi connectivity index (χ2n) is 14.4. The molecule has 1 aromatic heterocycles. The summed E-state index contributed by atoms with van der Waals surface area (Å²) < 4.78 is 23.8. The number of hydrogen-bond donors (Lipinski definition) is 2. The number of rotatable bonds is 4. The summed E-state index contributed by atoms with van der Waals surface area (Å²) in [6.07, 6.45) is -1.70. The number of imide groups is 1. The molecule has 250 valence electrons. The molecule has 2 aliphatic heterocycles. The maximum absolute atomic E-state index is 14.2. The first-order valence-corrected chi connectivity index (χ1v) is 15.8. The van der Waals surface area contributed by atoms with Gasteiger partial charge < -0.3 is 29.4 Å². The summed E-state index contributed by atoms with van der Waals surface area (Å²) in [5, 5.41) is 18.9. The van der Waals surface area contributed by atoms with Crippen LogP contribution in [-0.4, -0.2) is 57.9 Å². The van der Waals surface area contributed by atoms with E-state index in [9.17, 15) is 19.5 Å². The van der Waals surface area contributed by atoms with Crippen LogP contribution in [-0.2, 0) is 19.7 Å². The topological polar surface area (TPSA) is 141 Å². The van der Waals surface area contributed by atoms with Gasteiger partial charge in [0.1, 0.15) is 35.4 Å². The largest absolute Gasteiger partial charge is 0.497 e. The lowest BCUT2D eigenvalue weighted by Gasteiger charge is -2.24. The van der Waals surface area contributed by atoms with Gasteiger partial charge in [0.15, 0.2) is 5.82 Å². The van der Waals surface area contributed by atoms with Gasteiger partial charge >= 0.3 is 12.2 Å². The summed E-state index contributed by atoms with van der Waals surface area (Å²) in [5.74, 6) is 0.793. The molecule has 4 aromatic rings. The molecule has 0 saturated heterocycles. The summed E-state index contributed by atoms with van der Waals surface area (Å²) in [6, 6.07) is 16.3. The lowest BCUT2D eigenvalue weighted by Crippen LogP contribution is -2.41. The molecule has 1 unspecified atom stereocenters. The third-order valence-electron chi connectivity index (χ3n) is 8.76. The maximum atomic E-state index is 14.2. The number of amides is 2. The average molecular weight is 655 g/mol. The first-order chi connectivity index (χ1) is 22.6. The zero-order valence-corrected chi connectivity index (χ0v) is 27.9. The number of anilines is 3. The van der Waals surface area contributed by atoms with E-state index in [1.54, 1.807) is 72.9 Å². The Kier molecular flexibility index (Phi) is 7.03. The molecule has 3 atom stereocenters. The number of ether oxygens (including phenoxy) is 4. The first-order valence-electron chi connectivity index (χ1n) is 15.8. The van der Waals surface area contributed by atoms with Gasteiger partial charge in [0.05, 0.1) is 29.4 Å². The van der Waals surface area contributed by atoms with Crippen LogP contribution < -0.4 is 19.7 Å². The van der Waals surface area contributed by atoms with E-state index in [1.165, 1.54) is 4.68 Å². The Hall–Kier alpha value is -5.10. The molecule has 3 heterocycles. The predicted molar refractivity (Wildman–Crippen MR) is 177 cm³/mol. The van der Waals surface area contributed by atoms with Gasteiger partial charge in [-0.1, -0.05) is 18.2 Å². The molecule has 1 aliphatic carbocycles. The lowest BCUT2D eigenvalue weighted by atomic mass is 9.91. The molecular formula is C36H38N4O8. The fourth-order valence-electron chi connectivity index (χ4n) is 6.65. The van der Waals surface area contributed by atoms with Crippen molar-refractivity contribution in [1.29, 1.82) is 0 Å². The van der Waals surface area contributed by atoms with Crippen molar-refractivity contribution in [3.05, 3.63) is 71.3 Å². The van der Waals surface area contributed by atoms with Gasteiger partial charge in [-0.2, -0.15) is 4.68 Å². The molecule has 2 N–H and O–H groups in total. The van der Waals surface area contributed by atoms with Crippen LogP contribution in [0, 0.1) is 0 Å². The third kappa shape index (κ3) is 5.11. The highest BCUT2D eigenvalue weighted by molar-refractivity contribution is 6.23. The van der Waals surface area contributed by atoms with E-state index < -0.39 is 34.9 Å². The predicted octanol–water partition coefficient (Wildman–Crippen LogP) is 6.70. The Morgan fingerprint density at radius 3 is 2.44 bits per heavy atom. The van der Waals surface area contributed by atoms with Crippen molar-refractivity contribution in [2.24, 2.45) is 0 Å². The van der Waals surface area contributed by atoms with Gasteiger partial charge in [0.2, 0.25) is 5.91 Å². The molecule has 1 saturated carbocycles. The number of benzene rings is 3. The number of nitrogens with one attached hydrogen (secondary N) is 1. The molecule has 1 fully saturated rings. The van der Waals surface area contributed by atoms with Crippen LogP contribution in [0.25, 0.3) is 10.9 Å². The van der Waals surface area contributed by atoms with Crippen molar-refractivity contribution in [3.8, 4) is 11.5 Å². The number of carbonyl (C=O) groups excluding carboxylic acids is 3. The molecule has 0 bridgehead atoms. The summed E-state index contributed by atoms with van der Waals surface area (Å²) >= 11 is 0. The molecule has 48 heavy (non-hydrogen) atoms. The summed E-state index contributed by atoms with van der Waals surface area (Å²) in [7, 11) is 1.55. The van der Waals surface area contributed by atoms with Gasteiger partial charge in [-0.15, -0.1) is 5.10 Å². The first kappa shape index (κ1) is 31.5. The molecule has 0 radical (unpaired) electrons. The number of nitrogens with zero attached hydrogens (tertiary/aromatic N) is 3. The maximum Gasteiger partial charge on any atom is 0.435 e. The number of carbonyl (C=O) groups is 3. The summed E-state index contributed by atoms with van der Waals surface area (Å²) in [4.78, 5) is 42.2. The quantitative estimate of drug-likeness (QED) is 0.244. The average Bonchev–Trinajstić information content (AvgIpc) is 3.39. The Bertz CT molecular complexity index is 2010. The zero-order chi connectivity index (χ0) is 34.3. The standard InChI is InChI=1S/C36H38N4O8/c1-34(2,3)47-32(43)39-26-14-12-20(45-7)16-23(26)36(31(39)42)17-24(36)19-11-13-21-27(15-19)40(33(44)48-35(4,5)6)38-30(21)37-25-10-8-9-22-28(41)18-46-29(22)25/h8-16,24,28,41H,17-18H2,1-7H3,(H,37,38)/t24-,28?,36-/m0/s1. The van der Waals surface area contributed by atoms with Crippen LogP contribution in [0.1, 0.15) is 76.7 Å². The van der Waals surface area contributed by atoms with Crippen molar-refractivity contribution in [1.82, 2.24) is 9.78 Å². The number of para-hydroxylation sites is 1. The minimum atomic E-state index is -1.02. The fraction of sp³-hybridized carbons (Fsp3) is 0.389. The number of methoxy groups -OCH3 is 1. The monoisotopic (exact) mass is 654 g/mol. The normalized spacial score (nSPS) is 21.2. The van der Waals surface area contributed by atoms with E-state index in [0.29, 0.717) is 57.1 Å². The van der Waals surface area contributed by atoms with E-state index in [1.807, 2.05) is 30.3 Å². The second kappa shape index (κ2) is 10.7. The minimum absolute atomic E-state index is 0.146. The van der Waals surface area contributed by atoms with Gasteiger partial charge in [0.25, 0.3) is 0 Å². The smallest absolute Gasteiger partial charge is 0.435 e. The number of hydrogen-bond acceptors (Lipinski definition) is 10. The van der Waals surface area contributed by atoms with Crippen LogP contribution >= 0.6 is 0 Å². The number of aliphatic hydroxyl groups excluding tert-OH is 1. The number of aromatic nitrogens is 2. The number of fused-ring (bicyclic) bond motifs is 4. The van der Waals surface area contributed by atoms with Crippen molar-refractivity contribution >= 4 is 46.2 Å². The molecular weight excluding hydrogens is 616 g/mol. The van der Waals surface area contributed by atoms with Crippen molar-refractivity contribution in [2.75, 3.05) is 23.9 Å². The van der Waals surface area contributed by atoms with Gasteiger partial charge in [-0.3, -0.25) is 4.79 Å². The van der Waals surface area contributed by atoms with Crippen LogP contribution in [0.2, 0.25) is 0 Å². The van der Waals surface area contributed by atoms with Crippen LogP contribution in [0.5, 0.6) is 11.5 Å². The highest BCUT2D eigenvalue weighted by Crippen LogP contribution is 2.67. The highest BCUT2D eigenvalue weighted by Gasteiger charge is 2.68. The molecule has 3 aromatic carbocycles. The van der Waals surface area contributed by atoms with Crippen LogP contribution in [0.4, 0.5) is 26.8 Å². The van der Waals surface area contributed by atoms with Crippen molar-refractivity contribution in [2.45, 2.75) is 76.6 Å². The molecule has 3 aliphatic rings. The SMILES string of the molecule is COc1ccc2c(c1)[C@]1(C[C@H]1c1ccc3c(Nc4cccc5c4OCC5O)nn(C(=O)OC(C)(C)C)c3c1)C(=O)N2C(=O)OC(C)(C)C. The van der Waals surface area contributed by atoms with Crippen LogP contribution in [0.15, 0.2) is 54.6 Å². The van der Waals surface area contributed by atoms with E-state index in [0.717, 1.165) is 10.5 Å². The van der Waals surface area contributed by atoms with Gasteiger partial charge in [-0.05, 0) is 95.5 Å². The third-order valence-corrected chi connectivity index (χ3v) is 8.76. The van der Waals surface area contributed by atoms with Crippen molar-refractivity contribution in [3.63, 3.8) is 0 Å². The minimum Gasteiger partial charge on any atom is -0.497 e. The molecule has 2 amide bonds. The summed E-state index contributed by atoms with van der Waals surface area (Å²) in [6.45, 7) is 10.7. The van der Waals surface area contributed by atoms with E-state index >= 15 is 0 Å². The molecule has 12 heteroatoms. The van der Waals surface area contributed by atoms with Gasteiger partial charge in [-0.25, -0.2) is 14.5 Å². The van der Waals surface area contributed by atoms with Gasteiger partial charge in [0, 0.05) is 16.9 Å². The Balaban J connectivity index is 1.30. The fourth-order valence-corrected chi connectivity index (χ4v) is 6.65. The van der Waals surface area contributed by atoms with E-state index in [2.05, 4.69) is 10.4 Å². The Labute approximate surface area is 277 Å². The van der Waals surface area contributed by atoms with E-state index in [-0.39, 0.29) is 18.4 Å². The number of aliphatic hydroxyl groups is 1. The second-order valence-corrected chi connectivity index (χ2v) is 14.4. The summed E-state index contributed by atoms with van der Waals surface area (Å²) in [5.41, 5.74) is 1.07. The molecule has 1 spiro atoms. The Morgan fingerprint density at radius 1 is 1.00 bits per heavy atom. The zero-order valence-electron chi connectivity index (χ0n) is 27.9. The Morgan fingerprint density at radius 2 is 1.73 bits per heavy atom.